The minimum Gasteiger partial charge on any atom is -0.341 e. The quantitative estimate of drug-likeness (QED) is 0.872. The number of fused-ring (bicyclic) bond motifs is 1. The number of hydrogen-bond donors (Lipinski definition) is 2. The first kappa shape index (κ1) is 16.4. The number of urea groups is 1. The number of carbonyl (C=O) groups is 1. The van der Waals surface area contributed by atoms with Crippen molar-refractivity contribution in [2.75, 3.05) is 18.5 Å². The molecule has 2 N–H and O–H groups in total. The van der Waals surface area contributed by atoms with E-state index in [2.05, 4.69) is 15.0 Å². The summed E-state index contributed by atoms with van der Waals surface area (Å²) in [5.74, 6) is 0. The van der Waals surface area contributed by atoms with E-state index in [0.29, 0.717) is 13.0 Å². The first-order chi connectivity index (χ1) is 11.5. The Bertz CT molecular complexity index is 853. The molecule has 2 amide bonds. The van der Waals surface area contributed by atoms with Gasteiger partial charge in [0.2, 0.25) is 10.0 Å². The Morgan fingerprint density at radius 3 is 2.88 bits per heavy atom. The van der Waals surface area contributed by atoms with E-state index in [-0.39, 0.29) is 17.5 Å². The summed E-state index contributed by atoms with van der Waals surface area (Å²) >= 11 is 0. The lowest BCUT2D eigenvalue weighted by Crippen LogP contribution is -2.36. The van der Waals surface area contributed by atoms with E-state index in [1.807, 2.05) is 0 Å². The fourth-order valence-corrected chi connectivity index (χ4v) is 3.72. The average Bonchev–Trinajstić information content (AvgIpc) is 3.03. The van der Waals surface area contributed by atoms with Crippen LogP contribution in [0.2, 0.25) is 0 Å². The molecule has 0 saturated heterocycles. The van der Waals surface area contributed by atoms with Crippen LogP contribution in [-0.4, -0.2) is 33.0 Å². The van der Waals surface area contributed by atoms with Crippen molar-refractivity contribution >= 4 is 21.7 Å². The van der Waals surface area contributed by atoms with Crippen LogP contribution >= 0.6 is 0 Å². The highest BCUT2D eigenvalue weighted by Crippen LogP contribution is 2.30. The van der Waals surface area contributed by atoms with Crippen molar-refractivity contribution in [3.63, 3.8) is 0 Å². The smallest absolute Gasteiger partial charge is 0.321 e. The van der Waals surface area contributed by atoms with Gasteiger partial charge in [-0.05, 0) is 41.8 Å². The van der Waals surface area contributed by atoms with Gasteiger partial charge in [0.25, 0.3) is 0 Å². The molecular formula is C16H18N4O3S. The van der Waals surface area contributed by atoms with Gasteiger partial charge >= 0.3 is 6.03 Å². The summed E-state index contributed by atoms with van der Waals surface area (Å²) in [6.45, 7) is 0.721. The molecule has 0 fully saturated rings. The second-order valence-corrected chi connectivity index (χ2v) is 7.20. The van der Waals surface area contributed by atoms with Crippen LogP contribution in [0.25, 0.3) is 0 Å². The van der Waals surface area contributed by atoms with Crippen molar-refractivity contribution in [3.05, 3.63) is 53.9 Å². The first-order valence-corrected chi connectivity index (χ1v) is 9.00. The van der Waals surface area contributed by atoms with Crippen molar-refractivity contribution in [1.29, 1.82) is 0 Å². The van der Waals surface area contributed by atoms with Crippen molar-refractivity contribution in [3.8, 4) is 0 Å². The Hall–Kier alpha value is -2.45. The number of benzene rings is 1. The van der Waals surface area contributed by atoms with Crippen LogP contribution in [-0.2, 0) is 23.0 Å². The molecule has 0 aliphatic carbocycles. The van der Waals surface area contributed by atoms with E-state index in [1.54, 1.807) is 48.6 Å². The molecule has 0 bridgehead atoms. The summed E-state index contributed by atoms with van der Waals surface area (Å²) in [5.41, 5.74) is 2.39. The Kier molecular flexibility index (Phi) is 4.50. The Morgan fingerprint density at radius 1 is 1.33 bits per heavy atom. The van der Waals surface area contributed by atoms with Crippen LogP contribution in [0.1, 0.15) is 11.1 Å². The van der Waals surface area contributed by atoms with Crippen LogP contribution in [0.5, 0.6) is 0 Å². The minimum absolute atomic E-state index is 0.178. The predicted molar refractivity (Wildman–Crippen MR) is 90.2 cm³/mol. The molecule has 126 valence electrons. The predicted octanol–water partition coefficient (Wildman–Crippen LogP) is 1.26. The van der Waals surface area contributed by atoms with Crippen molar-refractivity contribution in [2.24, 2.45) is 0 Å². The summed E-state index contributed by atoms with van der Waals surface area (Å²) < 4.78 is 27.5. The molecule has 0 saturated carbocycles. The maximum Gasteiger partial charge on any atom is 0.321 e. The van der Waals surface area contributed by atoms with Crippen LogP contribution in [0.4, 0.5) is 10.5 Å². The summed E-state index contributed by atoms with van der Waals surface area (Å²) in [5, 5.41) is 2.58. The lowest BCUT2D eigenvalue weighted by Gasteiger charge is -2.16. The molecule has 2 aromatic rings. The maximum absolute atomic E-state index is 12.5. The number of nitrogens with one attached hydrogen (secondary N) is 2. The van der Waals surface area contributed by atoms with Crippen LogP contribution in [0.15, 0.2) is 47.6 Å². The zero-order valence-electron chi connectivity index (χ0n) is 13.2. The van der Waals surface area contributed by atoms with E-state index < -0.39 is 10.0 Å². The van der Waals surface area contributed by atoms with Gasteiger partial charge in [-0.15, -0.1) is 0 Å². The second kappa shape index (κ2) is 6.58. The highest BCUT2D eigenvalue weighted by atomic mass is 32.2. The van der Waals surface area contributed by atoms with Crippen LogP contribution in [0.3, 0.4) is 0 Å². The molecule has 0 spiro atoms. The topological polar surface area (TPSA) is 91.4 Å². The molecule has 1 aliphatic rings. The van der Waals surface area contributed by atoms with Gasteiger partial charge in [0, 0.05) is 38.2 Å². The van der Waals surface area contributed by atoms with Gasteiger partial charge in [-0.25, -0.2) is 17.9 Å². The number of aromatic nitrogens is 1. The van der Waals surface area contributed by atoms with Crippen LogP contribution in [0, 0.1) is 0 Å². The van der Waals surface area contributed by atoms with E-state index >= 15 is 0 Å². The molecule has 7 nitrogen and oxygen atoms in total. The third-order valence-corrected chi connectivity index (χ3v) is 5.30. The number of hydrogen-bond acceptors (Lipinski definition) is 4. The number of rotatable bonds is 4. The summed E-state index contributed by atoms with van der Waals surface area (Å²) in [7, 11) is -2.05. The number of sulfonamides is 1. The molecule has 1 aromatic carbocycles. The van der Waals surface area contributed by atoms with Gasteiger partial charge in [-0.3, -0.25) is 9.88 Å². The number of anilines is 1. The van der Waals surface area contributed by atoms with Gasteiger partial charge in [-0.2, -0.15) is 0 Å². The van der Waals surface area contributed by atoms with Gasteiger partial charge in [0.05, 0.1) is 4.90 Å². The van der Waals surface area contributed by atoms with Gasteiger partial charge < -0.3 is 5.32 Å². The zero-order valence-corrected chi connectivity index (χ0v) is 14.0. The Morgan fingerprint density at radius 2 is 2.17 bits per heavy atom. The fourth-order valence-electron chi connectivity index (χ4n) is 2.66. The highest BCUT2D eigenvalue weighted by Gasteiger charge is 2.26. The SMILES string of the molecule is CNC(=O)N1CCc2cc(S(=O)(=O)NCc3cccnc3)ccc21. The van der Waals surface area contributed by atoms with E-state index in [0.717, 1.165) is 16.8 Å². The summed E-state index contributed by atoms with van der Waals surface area (Å²) in [6, 6.07) is 8.19. The molecule has 0 radical (unpaired) electrons. The summed E-state index contributed by atoms with van der Waals surface area (Å²) in [6.07, 6.45) is 3.89. The van der Waals surface area contributed by atoms with Crippen molar-refractivity contribution in [1.82, 2.24) is 15.0 Å². The number of pyridine rings is 1. The minimum atomic E-state index is -3.62. The normalized spacial score (nSPS) is 13.6. The number of nitrogens with zero attached hydrogens (tertiary/aromatic N) is 2. The van der Waals surface area contributed by atoms with Crippen molar-refractivity contribution in [2.45, 2.75) is 17.9 Å². The second-order valence-electron chi connectivity index (χ2n) is 5.43. The molecule has 1 aliphatic heterocycles. The average molecular weight is 346 g/mol. The molecule has 3 rings (SSSR count). The number of carbonyl (C=O) groups excluding carboxylic acids is 1. The van der Waals surface area contributed by atoms with Crippen LogP contribution < -0.4 is 14.9 Å². The zero-order chi connectivity index (χ0) is 17.2. The molecular weight excluding hydrogens is 328 g/mol. The van der Waals surface area contributed by atoms with Crippen molar-refractivity contribution < 1.29 is 13.2 Å². The van der Waals surface area contributed by atoms with E-state index in [1.165, 1.54) is 6.07 Å². The van der Waals surface area contributed by atoms with E-state index in [9.17, 15) is 13.2 Å². The molecule has 2 heterocycles. The molecule has 1 aromatic heterocycles. The third-order valence-electron chi connectivity index (χ3n) is 3.90. The monoisotopic (exact) mass is 346 g/mol. The molecule has 0 unspecified atom stereocenters. The lowest BCUT2D eigenvalue weighted by molar-refractivity contribution is 0.248. The molecule has 8 heteroatoms. The Balaban J connectivity index is 1.79. The summed E-state index contributed by atoms with van der Waals surface area (Å²) in [4.78, 5) is 17.6. The third kappa shape index (κ3) is 3.24. The van der Waals surface area contributed by atoms with Gasteiger partial charge in [0.1, 0.15) is 0 Å². The standard InChI is InChI=1S/C16H18N4O3S/c1-17-16(21)20-8-6-13-9-14(4-5-15(13)20)24(22,23)19-11-12-3-2-7-18-10-12/h2-5,7,9-10,19H,6,8,11H2,1H3,(H,17,21). The fraction of sp³-hybridized carbons (Fsp3) is 0.250. The highest BCUT2D eigenvalue weighted by molar-refractivity contribution is 7.89. The molecule has 0 atom stereocenters. The molecule has 24 heavy (non-hydrogen) atoms. The van der Waals surface area contributed by atoms with Gasteiger partial charge in [0.15, 0.2) is 0 Å². The maximum atomic E-state index is 12.5. The largest absolute Gasteiger partial charge is 0.341 e. The lowest BCUT2D eigenvalue weighted by atomic mass is 10.2. The van der Waals surface area contributed by atoms with E-state index in [4.69, 9.17) is 0 Å². The Labute approximate surface area is 140 Å². The van der Waals surface area contributed by atoms with Gasteiger partial charge in [-0.1, -0.05) is 6.07 Å². The number of amides is 2. The first-order valence-electron chi connectivity index (χ1n) is 7.52.